The maximum Gasteiger partial charge on any atom is 0.125 e. The standard InChI is InChI=1S/C12H19NO2/c1-12(2,3)10-5-4-9(13)8-11(10)15-7-6-14/h4-5,8,14H,6-7,13H2,1-3H3. The van der Waals surface area contributed by atoms with Gasteiger partial charge in [0.15, 0.2) is 0 Å². The van der Waals surface area contributed by atoms with Gasteiger partial charge < -0.3 is 15.6 Å². The lowest BCUT2D eigenvalue weighted by molar-refractivity contribution is 0.199. The maximum absolute atomic E-state index is 8.73. The summed E-state index contributed by atoms with van der Waals surface area (Å²) in [7, 11) is 0. The highest BCUT2D eigenvalue weighted by atomic mass is 16.5. The molecule has 1 aromatic carbocycles. The molecule has 0 aliphatic carbocycles. The van der Waals surface area contributed by atoms with E-state index in [1.807, 2.05) is 12.1 Å². The van der Waals surface area contributed by atoms with Crippen LogP contribution in [0.4, 0.5) is 5.69 Å². The van der Waals surface area contributed by atoms with Crippen LogP contribution in [0.15, 0.2) is 18.2 Å². The van der Waals surface area contributed by atoms with Gasteiger partial charge in [-0.2, -0.15) is 0 Å². The number of aliphatic hydroxyl groups is 1. The summed E-state index contributed by atoms with van der Waals surface area (Å²) >= 11 is 0. The fraction of sp³-hybridized carbons (Fsp3) is 0.500. The van der Waals surface area contributed by atoms with E-state index < -0.39 is 0 Å². The van der Waals surface area contributed by atoms with Gasteiger partial charge in [0, 0.05) is 11.8 Å². The van der Waals surface area contributed by atoms with Crippen molar-refractivity contribution in [2.24, 2.45) is 0 Å². The topological polar surface area (TPSA) is 55.5 Å². The van der Waals surface area contributed by atoms with Crippen molar-refractivity contribution in [1.82, 2.24) is 0 Å². The second-order valence-corrected chi connectivity index (χ2v) is 4.58. The highest BCUT2D eigenvalue weighted by molar-refractivity contribution is 5.50. The first-order chi connectivity index (χ1) is 6.95. The van der Waals surface area contributed by atoms with Gasteiger partial charge in [-0.05, 0) is 17.0 Å². The van der Waals surface area contributed by atoms with Gasteiger partial charge >= 0.3 is 0 Å². The summed E-state index contributed by atoms with van der Waals surface area (Å²) in [6, 6.07) is 5.64. The lowest BCUT2D eigenvalue weighted by Gasteiger charge is -2.22. The van der Waals surface area contributed by atoms with Crippen LogP contribution >= 0.6 is 0 Å². The Morgan fingerprint density at radius 1 is 1.33 bits per heavy atom. The third kappa shape index (κ3) is 3.13. The van der Waals surface area contributed by atoms with Crippen molar-refractivity contribution in [1.29, 1.82) is 0 Å². The van der Waals surface area contributed by atoms with E-state index in [1.54, 1.807) is 6.07 Å². The molecule has 84 valence electrons. The first-order valence-electron chi connectivity index (χ1n) is 5.09. The third-order valence-corrected chi connectivity index (χ3v) is 2.16. The van der Waals surface area contributed by atoms with E-state index in [4.69, 9.17) is 15.6 Å². The molecule has 0 aromatic heterocycles. The Morgan fingerprint density at radius 2 is 2.00 bits per heavy atom. The van der Waals surface area contributed by atoms with Crippen LogP contribution in [0.5, 0.6) is 5.75 Å². The highest BCUT2D eigenvalue weighted by Gasteiger charge is 2.18. The molecule has 0 aliphatic rings. The molecule has 3 heteroatoms. The number of rotatable bonds is 3. The Kier molecular flexibility index (Phi) is 3.58. The minimum absolute atomic E-state index is 0.0123. The summed E-state index contributed by atoms with van der Waals surface area (Å²) in [5.41, 5.74) is 7.49. The number of aliphatic hydroxyl groups excluding tert-OH is 1. The molecule has 0 heterocycles. The molecule has 0 spiro atoms. The zero-order valence-corrected chi connectivity index (χ0v) is 9.58. The predicted molar refractivity (Wildman–Crippen MR) is 62.1 cm³/mol. The lowest BCUT2D eigenvalue weighted by atomic mass is 9.86. The van der Waals surface area contributed by atoms with Crippen molar-refractivity contribution in [3.05, 3.63) is 23.8 Å². The molecule has 0 bridgehead atoms. The Bertz CT molecular complexity index is 329. The van der Waals surface area contributed by atoms with Crippen LogP contribution in [-0.4, -0.2) is 18.3 Å². The number of hydrogen-bond donors (Lipinski definition) is 2. The number of anilines is 1. The van der Waals surface area contributed by atoms with E-state index >= 15 is 0 Å². The van der Waals surface area contributed by atoms with Crippen molar-refractivity contribution in [3.8, 4) is 5.75 Å². The van der Waals surface area contributed by atoms with E-state index in [-0.39, 0.29) is 12.0 Å². The molecule has 3 nitrogen and oxygen atoms in total. The van der Waals surface area contributed by atoms with E-state index in [2.05, 4.69) is 20.8 Å². The van der Waals surface area contributed by atoms with Crippen LogP contribution in [0, 0.1) is 0 Å². The van der Waals surface area contributed by atoms with Crippen molar-refractivity contribution in [3.63, 3.8) is 0 Å². The minimum Gasteiger partial charge on any atom is -0.491 e. The SMILES string of the molecule is CC(C)(C)c1ccc(N)cc1OCCO. The quantitative estimate of drug-likeness (QED) is 0.748. The van der Waals surface area contributed by atoms with Crippen LogP contribution in [0.1, 0.15) is 26.3 Å². The van der Waals surface area contributed by atoms with Crippen LogP contribution in [0.25, 0.3) is 0 Å². The van der Waals surface area contributed by atoms with Crippen molar-refractivity contribution in [2.75, 3.05) is 18.9 Å². The number of ether oxygens (including phenoxy) is 1. The van der Waals surface area contributed by atoms with Gasteiger partial charge in [0.05, 0.1) is 6.61 Å². The van der Waals surface area contributed by atoms with Crippen LogP contribution in [0.2, 0.25) is 0 Å². The second kappa shape index (κ2) is 4.53. The fourth-order valence-electron chi connectivity index (χ4n) is 1.43. The molecule has 0 radical (unpaired) electrons. The van der Waals surface area contributed by atoms with Gasteiger partial charge in [0.25, 0.3) is 0 Å². The number of nitrogen functional groups attached to an aromatic ring is 1. The summed E-state index contributed by atoms with van der Waals surface area (Å²) in [6.45, 7) is 6.66. The average Bonchev–Trinajstić information content (AvgIpc) is 2.12. The Labute approximate surface area is 90.9 Å². The van der Waals surface area contributed by atoms with Gasteiger partial charge in [0.2, 0.25) is 0 Å². The summed E-state index contributed by atoms with van der Waals surface area (Å²) in [5, 5.41) is 8.73. The first kappa shape index (κ1) is 11.9. The average molecular weight is 209 g/mol. The molecular weight excluding hydrogens is 190 g/mol. The largest absolute Gasteiger partial charge is 0.491 e. The molecule has 0 aliphatic heterocycles. The van der Waals surface area contributed by atoms with Crippen LogP contribution in [0.3, 0.4) is 0 Å². The Hall–Kier alpha value is -1.22. The van der Waals surface area contributed by atoms with E-state index in [1.165, 1.54) is 0 Å². The van der Waals surface area contributed by atoms with E-state index in [0.29, 0.717) is 12.3 Å². The minimum atomic E-state index is 0.0123. The molecule has 3 N–H and O–H groups in total. The molecule has 1 rings (SSSR count). The molecular formula is C12H19NO2. The summed E-state index contributed by atoms with van der Waals surface area (Å²) in [6.07, 6.45) is 0. The molecule has 0 saturated heterocycles. The second-order valence-electron chi connectivity index (χ2n) is 4.58. The van der Waals surface area contributed by atoms with Gasteiger partial charge in [-0.15, -0.1) is 0 Å². The molecule has 0 atom stereocenters. The molecule has 1 aromatic rings. The number of benzene rings is 1. The van der Waals surface area contributed by atoms with Gasteiger partial charge in [-0.25, -0.2) is 0 Å². The fourth-order valence-corrected chi connectivity index (χ4v) is 1.43. The van der Waals surface area contributed by atoms with Gasteiger partial charge in [0.1, 0.15) is 12.4 Å². The molecule has 0 amide bonds. The zero-order valence-electron chi connectivity index (χ0n) is 9.58. The van der Waals surface area contributed by atoms with Crippen molar-refractivity contribution < 1.29 is 9.84 Å². The number of nitrogens with two attached hydrogens (primary N) is 1. The first-order valence-corrected chi connectivity index (χ1v) is 5.09. The summed E-state index contributed by atoms with van der Waals surface area (Å²) < 4.78 is 5.46. The number of hydrogen-bond acceptors (Lipinski definition) is 3. The van der Waals surface area contributed by atoms with Crippen LogP contribution in [-0.2, 0) is 5.41 Å². The molecule has 0 unspecified atom stereocenters. The van der Waals surface area contributed by atoms with Gasteiger partial charge in [-0.1, -0.05) is 26.8 Å². The van der Waals surface area contributed by atoms with E-state index in [0.717, 1.165) is 11.3 Å². The molecule has 0 fully saturated rings. The Morgan fingerprint density at radius 3 is 2.53 bits per heavy atom. The lowest BCUT2D eigenvalue weighted by Crippen LogP contribution is -2.14. The smallest absolute Gasteiger partial charge is 0.125 e. The monoisotopic (exact) mass is 209 g/mol. The van der Waals surface area contributed by atoms with E-state index in [9.17, 15) is 0 Å². The molecule has 15 heavy (non-hydrogen) atoms. The van der Waals surface area contributed by atoms with Crippen LogP contribution < -0.4 is 10.5 Å². The van der Waals surface area contributed by atoms with Crippen molar-refractivity contribution >= 4 is 5.69 Å². The summed E-state index contributed by atoms with van der Waals surface area (Å²) in [5.74, 6) is 0.761. The maximum atomic E-state index is 8.73. The summed E-state index contributed by atoms with van der Waals surface area (Å²) in [4.78, 5) is 0. The molecule has 0 saturated carbocycles. The van der Waals surface area contributed by atoms with Gasteiger partial charge in [-0.3, -0.25) is 0 Å². The predicted octanol–water partition coefficient (Wildman–Crippen LogP) is 1.94. The highest BCUT2D eigenvalue weighted by Crippen LogP contribution is 2.32. The van der Waals surface area contributed by atoms with Crippen molar-refractivity contribution in [2.45, 2.75) is 26.2 Å². The zero-order chi connectivity index (χ0) is 11.5. The third-order valence-electron chi connectivity index (χ3n) is 2.16. The normalized spacial score (nSPS) is 11.5. The Balaban J connectivity index is 3.03.